The molecule has 0 radical (unpaired) electrons. The van der Waals surface area contributed by atoms with Gasteiger partial charge in [-0.3, -0.25) is 0 Å². The fourth-order valence-electron chi connectivity index (χ4n) is 2.44. The van der Waals surface area contributed by atoms with Crippen molar-refractivity contribution in [2.75, 3.05) is 0 Å². The Morgan fingerprint density at radius 2 is 0.788 bits per heavy atom. The highest BCUT2D eigenvalue weighted by Crippen LogP contribution is 2.64. The van der Waals surface area contributed by atoms with E-state index in [-0.39, 0.29) is 12.8 Å². The Kier molecular flexibility index (Phi) is 8.95. The standard InChI is InChI=1S/C17H18F16/c1-3-5-7-9-11(20,21)13(24,25)15(28,29)17(32,33)16(30,31)14(26,27)12(22,23)10(18,19)8-6-4-2/h4H,2-3,5-9H2,1H3. The van der Waals surface area contributed by atoms with Gasteiger partial charge in [-0.15, -0.1) is 6.58 Å². The molecule has 0 amide bonds. The molecule has 0 aromatic heterocycles. The normalized spacial score (nSPS) is 15.7. The molecule has 0 aromatic rings. The molecule has 0 nitrogen and oxygen atoms in total. The molecule has 0 aromatic carbocycles. The van der Waals surface area contributed by atoms with Crippen molar-refractivity contribution < 1.29 is 70.2 Å². The predicted molar refractivity (Wildman–Crippen MR) is 83.1 cm³/mol. The van der Waals surface area contributed by atoms with Crippen LogP contribution in [0.1, 0.15) is 45.4 Å². The molecule has 0 aliphatic carbocycles. The number of alkyl halides is 16. The first kappa shape index (κ1) is 31.6. The van der Waals surface area contributed by atoms with Crippen molar-refractivity contribution in [3.63, 3.8) is 0 Å². The van der Waals surface area contributed by atoms with Gasteiger partial charge in [-0.1, -0.05) is 25.8 Å². The quantitative estimate of drug-likeness (QED) is 0.121. The Morgan fingerprint density at radius 3 is 1.09 bits per heavy atom. The smallest absolute Gasteiger partial charge is 0.200 e. The van der Waals surface area contributed by atoms with Crippen molar-refractivity contribution in [3.8, 4) is 0 Å². The van der Waals surface area contributed by atoms with Crippen LogP contribution in [0.25, 0.3) is 0 Å². The lowest BCUT2D eigenvalue weighted by molar-refractivity contribution is -0.453. The van der Waals surface area contributed by atoms with Gasteiger partial charge in [0.25, 0.3) is 0 Å². The predicted octanol–water partition coefficient (Wildman–Crippen LogP) is 8.62. The summed E-state index contributed by atoms with van der Waals surface area (Å²) in [4.78, 5) is 0. The van der Waals surface area contributed by atoms with E-state index in [0.29, 0.717) is 6.08 Å². The van der Waals surface area contributed by atoms with Gasteiger partial charge in [0.2, 0.25) is 0 Å². The minimum atomic E-state index is -8.35. The second-order valence-electron chi connectivity index (χ2n) is 7.14. The Bertz CT molecular complexity index is 664. The summed E-state index contributed by atoms with van der Waals surface area (Å²) in [6.45, 7) is 4.02. The molecule has 198 valence electrons. The fourth-order valence-corrected chi connectivity index (χ4v) is 2.44. The summed E-state index contributed by atoms with van der Waals surface area (Å²) in [5, 5.41) is 0. The summed E-state index contributed by atoms with van der Waals surface area (Å²) < 4.78 is 217. The number of unbranched alkanes of at least 4 members (excludes halogenated alkanes) is 2. The summed E-state index contributed by atoms with van der Waals surface area (Å²) >= 11 is 0. The third kappa shape index (κ3) is 4.76. The summed E-state index contributed by atoms with van der Waals surface area (Å²) in [6, 6.07) is 0. The first-order chi connectivity index (χ1) is 14.4. The summed E-state index contributed by atoms with van der Waals surface area (Å²) in [5.74, 6) is -60.3. The zero-order valence-electron chi connectivity index (χ0n) is 16.6. The van der Waals surface area contributed by atoms with Gasteiger partial charge < -0.3 is 0 Å². The molecule has 0 N–H and O–H groups in total. The van der Waals surface area contributed by atoms with Gasteiger partial charge in [0.1, 0.15) is 0 Å². The van der Waals surface area contributed by atoms with E-state index in [0.717, 1.165) is 0 Å². The number of halogens is 16. The number of hydrogen-bond acceptors (Lipinski definition) is 0. The molecule has 0 heterocycles. The van der Waals surface area contributed by atoms with Crippen LogP contribution in [-0.2, 0) is 0 Å². The highest BCUT2D eigenvalue weighted by atomic mass is 19.4. The first-order valence-electron chi connectivity index (χ1n) is 9.00. The molecule has 0 fully saturated rings. The van der Waals surface area contributed by atoms with E-state index in [1.165, 1.54) is 6.92 Å². The van der Waals surface area contributed by atoms with Crippen LogP contribution >= 0.6 is 0 Å². The van der Waals surface area contributed by atoms with Crippen LogP contribution in [0.3, 0.4) is 0 Å². The van der Waals surface area contributed by atoms with E-state index < -0.39 is 73.1 Å². The molecule has 0 aliphatic heterocycles. The average Bonchev–Trinajstić information content (AvgIpc) is 2.65. The zero-order valence-corrected chi connectivity index (χ0v) is 16.6. The van der Waals surface area contributed by atoms with Crippen molar-refractivity contribution in [1.82, 2.24) is 0 Å². The largest absolute Gasteiger partial charge is 0.384 e. The summed E-state index contributed by atoms with van der Waals surface area (Å²) in [7, 11) is 0. The molecular formula is C17H18F16. The minimum Gasteiger partial charge on any atom is -0.200 e. The zero-order chi connectivity index (χ0) is 26.9. The van der Waals surface area contributed by atoms with Crippen LogP contribution in [0.15, 0.2) is 12.7 Å². The van der Waals surface area contributed by atoms with Crippen LogP contribution in [0, 0.1) is 0 Å². The monoisotopic (exact) mass is 526 g/mol. The molecule has 0 saturated heterocycles. The van der Waals surface area contributed by atoms with Crippen molar-refractivity contribution in [3.05, 3.63) is 12.7 Å². The summed E-state index contributed by atoms with van der Waals surface area (Å²) in [5.41, 5.74) is 0. The molecule has 0 aliphatic rings. The molecular weight excluding hydrogens is 508 g/mol. The van der Waals surface area contributed by atoms with Crippen LogP contribution in [0.2, 0.25) is 0 Å². The molecule has 33 heavy (non-hydrogen) atoms. The second kappa shape index (κ2) is 9.34. The van der Waals surface area contributed by atoms with E-state index in [2.05, 4.69) is 6.58 Å². The second-order valence-corrected chi connectivity index (χ2v) is 7.14. The lowest BCUT2D eigenvalue weighted by Gasteiger charge is -2.43. The van der Waals surface area contributed by atoms with E-state index in [4.69, 9.17) is 0 Å². The van der Waals surface area contributed by atoms with Gasteiger partial charge >= 0.3 is 47.4 Å². The number of rotatable bonds is 14. The fraction of sp³-hybridized carbons (Fsp3) is 0.882. The van der Waals surface area contributed by atoms with Gasteiger partial charge in [-0.25, -0.2) is 0 Å². The number of hydrogen-bond donors (Lipinski definition) is 0. The van der Waals surface area contributed by atoms with Gasteiger partial charge in [-0.05, 0) is 12.8 Å². The van der Waals surface area contributed by atoms with E-state index in [1.54, 1.807) is 0 Å². The Hall–Kier alpha value is -1.38. The van der Waals surface area contributed by atoms with Crippen LogP contribution < -0.4 is 0 Å². The SMILES string of the molecule is C=CCCC(F)(F)C(F)(F)C(F)(F)C(F)(F)C(F)(F)C(F)(F)C(F)(F)C(F)(F)CCCCC. The van der Waals surface area contributed by atoms with Gasteiger partial charge in [0.15, 0.2) is 0 Å². The molecule has 0 atom stereocenters. The first-order valence-corrected chi connectivity index (χ1v) is 9.00. The van der Waals surface area contributed by atoms with Gasteiger partial charge in [0.05, 0.1) is 0 Å². The van der Waals surface area contributed by atoms with Crippen molar-refractivity contribution in [1.29, 1.82) is 0 Å². The summed E-state index contributed by atoms with van der Waals surface area (Å²) in [6.07, 6.45) is -6.97. The highest BCUT2D eigenvalue weighted by Gasteiger charge is 2.94. The molecule has 0 unspecified atom stereocenters. The maximum atomic E-state index is 13.7. The lowest BCUT2D eigenvalue weighted by Crippen LogP contribution is -2.74. The minimum absolute atomic E-state index is 0.00758. The van der Waals surface area contributed by atoms with E-state index in [1.807, 2.05) is 0 Å². The number of allylic oxidation sites excluding steroid dienone is 1. The highest BCUT2D eigenvalue weighted by molar-refractivity contribution is 5.15. The molecule has 0 rings (SSSR count). The Balaban J connectivity index is 6.54. The van der Waals surface area contributed by atoms with Crippen LogP contribution in [0.4, 0.5) is 70.2 Å². The topological polar surface area (TPSA) is 0 Å². The lowest BCUT2D eigenvalue weighted by atomic mass is 9.86. The van der Waals surface area contributed by atoms with E-state index in [9.17, 15) is 70.2 Å². The van der Waals surface area contributed by atoms with E-state index >= 15 is 0 Å². The molecule has 0 spiro atoms. The van der Waals surface area contributed by atoms with Gasteiger partial charge in [-0.2, -0.15) is 70.2 Å². The molecule has 0 saturated carbocycles. The maximum absolute atomic E-state index is 13.7. The third-order valence-electron chi connectivity index (χ3n) is 4.65. The Labute approximate surface area is 177 Å². The maximum Gasteiger partial charge on any atom is 0.384 e. The Morgan fingerprint density at radius 1 is 0.485 bits per heavy atom. The van der Waals surface area contributed by atoms with Crippen LogP contribution in [0.5, 0.6) is 0 Å². The molecule has 0 bridgehead atoms. The molecule has 16 heteroatoms. The van der Waals surface area contributed by atoms with Crippen LogP contribution in [-0.4, -0.2) is 47.4 Å². The van der Waals surface area contributed by atoms with Crippen molar-refractivity contribution >= 4 is 0 Å². The van der Waals surface area contributed by atoms with Crippen molar-refractivity contribution in [2.45, 2.75) is 92.8 Å². The average molecular weight is 526 g/mol. The van der Waals surface area contributed by atoms with Gasteiger partial charge in [0, 0.05) is 12.8 Å². The van der Waals surface area contributed by atoms with Crippen molar-refractivity contribution in [2.24, 2.45) is 0 Å². The third-order valence-corrected chi connectivity index (χ3v) is 4.65.